The predicted octanol–water partition coefficient (Wildman–Crippen LogP) is 4.66. The summed E-state index contributed by atoms with van der Waals surface area (Å²) in [6.45, 7) is 10.4. The highest BCUT2D eigenvalue weighted by Gasteiger charge is 2.33. The fourth-order valence-electron chi connectivity index (χ4n) is 4.20. The number of methoxy groups -OCH3 is 1. The molecule has 0 amide bonds. The zero-order valence-corrected chi connectivity index (χ0v) is 21.3. The fraction of sp³-hybridized carbons (Fsp3) is 0.321. The molecule has 34 heavy (non-hydrogen) atoms. The SMILES string of the molecule is COC(=O)C1=C(C)N=c2s/c(=C/c3ccc(C(C)C)cc3)c(=O)n2[C@H]1c1ccc(C(C)C)cc1. The van der Waals surface area contributed by atoms with E-state index in [0.29, 0.717) is 32.4 Å². The zero-order valence-electron chi connectivity index (χ0n) is 20.5. The van der Waals surface area contributed by atoms with E-state index in [1.165, 1.54) is 29.6 Å². The third-order valence-electron chi connectivity index (χ3n) is 6.25. The molecule has 0 bridgehead atoms. The maximum atomic E-state index is 13.6. The molecule has 3 aromatic rings. The average Bonchev–Trinajstić information content (AvgIpc) is 3.12. The molecule has 1 aliphatic rings. The van der Waals surface area contributed by atoms with Gasteiger partial charge in [0, 0.05) is 0 Å². The number of hydrogen-bond acceptors (Lipinski definition) is 5. The summed E-state index contributed by atoms with van der Waals surface area (Å²) in [5, 5.41) is 0. The van der Waals surface area contributed by atoms with Crippen LogP contribution in [0.3, 0.4) is 0 Å². The van der Waals surface area contributed by atoms with Gasteiger partial charge in [-0.3, -0.25) is 9.36 Å². The number of aromatic nitrogens is 1. The van der Waals surface area contributed by atoms with Gasteiger partial charge in [-0.1, -0.05) is 87.6 Å². The van der Waals surface area contributed by atoms with Crippen molar-refractivity contribution in [3.05, 3.63) is 102 Å². The average molecular weight is 475 g/mol. The minimum Gasteiger partial charge on any atom is -0.466 e. The first-order valence-electron chi connectivity index (χ1n) is 11.5. The van der Waals surface area contributed by atoms with E-state index in [1.54, 1.807) is 11.5 Å². The summed E-state index contributed by atoms with van der Waals surface area (Å²) in [5.41, 5.74) is 5.05. The van der Waals surface area contributed by atoms with Gasteiger partial charge in [0.1, 0.15) is 0 Å². The summed E-state index contributed by atoms with van der Waals surface area (Å²) in [6.07, 6.45) is 1.89. The Morgan fingerprint density at radius 2 is 1.56 bits per heavy atom. The molecule has 2 aromatic carbocycles. The second kappa shape index (κ2) is 9.55. The lowest BCUT2D eigenvalue weighted by Gasteiger charge is -2.24. The maximum absolute atomic E-state index is 13.6. The molecule has 2 heterocycles. The van der Waals surface area contributed by atoms with Gasteiger partial charge in [-0.25, -0.2) is 9.79 Å². The summed E-state index contributed by atoms with van der Waals surface area (Å²) in [7, 11) is 1.35. The van der Waals surface area contributed by atoms with Crippen LogP contribution >= 0.6 is 11.3 Å². The van der Waals surface area contributed by atoms with Gasteiger partial charge >= 0.3 is 5.97 Å². The van der Waals surface area contributed by atoms with Crippen molar-refractivity contribution in [2.45, 2.75) is 52.5 Å². The lowest BCUT2D eigenvalue weighted by molar-refractivity contribution is -0.136. The molecule has 6 heteroatoms. The maximum Gasteiger partial charge on any atom is 0.338 e. The van der Waals surface area contributed by atoms with Crippen molar-refractivity contribution < 1.29 is 9.53 Å². The Morgan fingerprint density at radius 3 is 2.09 bits per heavy atom. The second-order valence-corrected chi connectivity index (χ2v) is 10.2. The highest BCUT2D eigenvalue weighted by molar-refractivity contribution is 7.07. The van der Waals surface area contributed by atoms with Crippen LogP contribution in [-0.4, -0.2) is 17.6 Å². The number of allylic oxidation sites excluding steroid dienone is 1. The van der Waals surface area contributed by atoms with Gasteiger partial charge < -0.3 is 4.74 Å². The van der Waals surface area contributed by atoms with E-state index in [9.17, 15) is 9.59 Å². The van der Waals surface area contributed by atoms with Gasteiger partial charge in [0.25, 0.3) is 5.56 Å². The topological polar surface area (TPSA) is 60.7 Å². The molecular weight excluding hydrogens is 444 g/mol. The van der Waals surface area contributed by atoms with E-state index in [4.69, 9.17) is 4.74 Å². The molecule has 0 unspecified atom stereocenters. The van der Waals surface area contributed by atoms with Gasteiger partial charge in [-0.15, -0.1) is 0 Å². The monoisotopic (exact) mass is 474 g/mol. The molecule has 5 nitrogen and oxygen atoms in total. The van der Waals surface area contributed by atoms with Gasteiger partial charge in [0.15, 0.2) is 4.80 Å². The van der Waals surface area contributed by atoms with Crippen LogP contribution in [0, 0.1) is 0 Å². The number of esters is 1. The van der Waals surface area contributed by atoms with Crippen LogP contribution < -0.4 is 14.9 Å². The largest absolute Gasteiger partial charge is 0.466 e. The molecule has 0 fully saturated rings. The molecule has 0 radical (unpaired) electrons. The van der Waals surface area contributed by atoms with Gasteiger partial charge in [-0.05, 0) is 47.1 Å². The highest BCUT2D eigenvalue weighted by Crippen LogP contribution is 2.31. The van der Waals surface area contributed by atoms with Crippen LogP contribution in [0.1, 0.15) is 74.8 Å². The predicted molar refractivity (Wildman–Crippen MR) is 137 cm³/mol. The molecule has 1 atom stereocenters. The van der Waals surface area contributed by atoms with Crippen molar-refractivity contribution in [1.29, 1.82) is 0 Å². The van der Waals surface area contributed by atoms with E-state index in [0.717, 1.165) is 11.1 Å². The minimum atomic E-state index is -0.588. The Kier molecular flexibility index (Phi) is 6.71. The summed E-state index contributed by atoms with van der Waals surface area (Å²) in [6, 6.07) is 15.7. The van der Waals surface area contributed by atoms with Crippen LogP contribution in [0.2, 0.25) is 0 Å². The van der Waals surface area contributed by atoms with E-state index in [1.807, 2.05) is 30.3 Å². The molecule has 0 aliphatic carbocycles. The number of ether oxygens (including phenoxy) is 1. The first-order valence-corrected chi connectivity index (χ1v) is 12.3. The van der Waals surface area contributed by atoms with Crippen LogP contribution in [0.25, 0.3) is 6.08 Å². The lowest BCUT2D eigenvalue weighted by Crippen LogP contribution is -2.39. The first kappa shape index (κ1) is 23.9. The number of hydrogen-bond donors (Lipinski definition) is 0. The number of rotatable bonds is 5. The minimum absolute atomic E-state index is 0.163. The Morgan fingerprint density at radius 1 is 1.00 bits per heavy atom. The fourth-order valence-corrected chi connectivity index (χ4v) is 5.25. The molecule has 4 rings (SSSR count). The van der Waals surface area contributed by atoms with Crippen molar-refractivity contribution in [2.24, 2.45) is 4.99 Å². The molecule has 0 saturated heterocycles. The molecule has 1 aliphatic heterocycles. The van der Waals surface area contributed by atoms with Crippen molar-refractivity contribution in [3.8, 4) is 0 Å². The van der Waals surface area contributed by atoms with Crippen LogP contribution in [0.15, 0.2) is 69.6 Å². The van der Waals surface area contributed by atoms with Crippen molar-refractivity contribution in [1.82, 2.24) is 4.57 Å². The smallest absolute Gasteiger partial charge is 0.338 e. The number of nitrogens with zero attached hydrogens (tertiary/aromatic N) is 2. The molecular formula is C28H30N2O3S. The molecule has 0 N–H and O–H groups in total. The van der Waals surface area contributed by atoms with Crippen LogP contribution in [0.5, 0.6) is 0 Å². The Labute approximate surface area is 203 Å². The first-order chi connectivity index (χ1) is 16.2. The number of carbonyl (C=O) groups excluding carboxylic acids is 1. The number of fused-ring (bicyclic) bond motifs is 1. The standard InChI is InChI=1S/C28H30N2O3S/c1-16(2)20-9-7-19(8-10-20)15-23-26(31)30-25(22-13-11-21(12-14-22)17(3)4)24(27(32)33-6)18(5)29-28(30)34-23/h7-17,25H,1-6H3/b23-15+/t25-/m0/s1. The van der Waals surface area contributed by atoms with Crippen LogP contribution in [0.4, 0.5) is 0 Å². The number of thiazole rings is 1. The van der Waals surface area contributed by atoms with Gasteiger partial charge in [0.05, 0.1) is 29.0 Å². The molecule has 176 valence electrons. The second-order valence-electron chi connectivity index (χ2n) is 9.22. The van der Waals surface area contributed by atoms with Gasteiger partial charge in [-0.2, -0.15) is 0 Å². The van der Waals surface area contributed by atoms with Crippen LogP contribution in [-0.2, 0) is 9.53 Å². The van der Waals surface area contributed by atoms with Crippen molar-refractivity contribution in [3.63, 3.8) is 0 Å². The quantitative estimate of drug-likeness (QED) is 0.506. The normalized spacial score (nSPS) is 16.1. The number of benzene rings is 2. The van der Waals surface area contributed by atoms with E-state index >= 15 is 0 Å². The summed E-state index contributed by atoms with van der Waals surface area (Å²) >= 11 is 1.34. The van der Waals surface area contributed by atoms with Gasteiger partial charge in [0.2, 0.25) is 0 Å². The Bertz CT molecular complexity index is 1420. The van der Waals surface area contributed by atoms with Crippen molar-refractivity contribution >= 4 is 23.4 Å². The molecule has 0 saturated carbocycles. The Hall–Kier alpha value is -3.25. The van der Waals surface area contributed by atoms with E-state index in [-0.39, 0.29) is 5.56 Å². The summed E-state index contributed by atoms with van der Waals surface area (Å²) in [5.74, 6) is 0.356. The molecule has 1 aromatic heterocycles. The van der Waals surface area contributed by atoms with E-state index < -0.39 is 12.0 Å². The van der Waals surface area contributed by atoms with Crippen molar-refractivity contribution in [2.75, 3.05) is 7.11 Å². The number of carbonyl (C=O) groups is 1. The molecule has 0 spiro atoms. The lowest BCUT2D eigenvalue weighted by atomic mass is 9.93. The summed E-state index contributed by atoms with van der Waals surface area (Å²) < 4.78 is 7.29. The third kappa shape index (κ3) is 4.42. The Balaban J connectivity index is 1.89. The highest BCUT2D eigenvalue weighted by atomic mass is 32.1. The zero-order chi connectivity index (χ0) is 24.6. The summed E-state index contributed by atoms with van der Waals surface area (Å²) in [4.78, 5) is 31.6. The van der Waals surface area contributed by atoms with E-state index in [2.05, 4.69) is 57.0 Å². The third-order valence-corrected chi connectivity index (χ3v) is 7.23.